The first kappa shape index (κ1) is 13.6. The lowest BCUT2D eigenvalue weighted by Gasteiger charge is -2.08. The molecule has 0 aliphatic rings. The third-order valence-electron chi connectivity index (χ3n) is 2.06. The number of hydrogen-bond donors (Lipinski definition) is 1. The second-order valence-electron chi connectivity index (χ2n) is 3.32. The van der Waals surface area contributed by atoms with Gasteiger partial charge in [0.1, 0.15) is 18.1 Å². The molecule has 0 saturated carbocycles. The molecular weight excluding hydrogens is 242 g/mol. The Morgan fingerprint density at radius 2 is 2.18 bits per heavy atom. The van der Waals surface area contributed by atoms with Crippen LogP contribution in [0, 0.1) is 0 Å². The maximum absolute atomic E-state index is 11.1. The molecule has 1 aromatic carbocycles. The van der Waals surface area contributed by atoms with Gasteiger partial charge in [0, 0.05) is 18.4 Å². The third kappa shape index (κ3) is 5.45. The molecule has 4 nitrogen and oxygen atoms in total. The lowest BCUT2D eigenvalue weighted by molar-refractivity contribution is -0.120. The van der Waals surface area contributed by atoms with Crippen molar-refractivity contribution in [2.24, 2.45) is 0 Å². The average Bonchev–Trinajstić information content (AvgIpc) is 2.35. The maximum atomic E-state index is 11.1. The normalized spacial score (nSPS) is 9.76. The predicted molar refractivity (Wildman–Crippen MR) is 66.8 cm³/mol. The summed E-state index contributed by atoms with van der Waals surface area (Å²) in [6, 6.07) is 7.32. The van der Waals surface area contributed by atoms with E-state index in [0.717, 1.165) is 11.5 Å². The number of methoxy groups -OCH3 is 1. The molecule has 17 heavy (non-hydrogen) atoms. The van der Waals surface area contributed by atoms with Crippen molar-refractivity contribution < 1.29 is 14.3 Å². The molecule has 0 radical (unpaired) electrons. The Morgan fingerprint density at radius 1 is 1.41 bits per heavy atom. The lowest BCUT2D eigenvalue weighted by Crippen LogP contribution is -2.28. The fourth-order valence-electron chi connectivity index (χ4n) is 1.22. The molecule has 0 aromatic heterocycles. The van der Waals surface area contributed by atoms with E-state index in [1.165, 1.54) is 0 Å². The maximum Gasteiger partial charge on any atom is 0.221 e. The molecule has 0 heterocycles. The van der Waals surface area contributed by atoms with Gasteiger partial charge in [-0.15, -0.1) is 11.6 Å². The largest absolute Gasteiger partial charge is 0.497 e. The highest BCUT2D eigenvalue weighted by Crippen LogP contribution is 2.18. The van der Waals surface area contributed by atoms with E-state index in [4.69, 9.17) is 21.1 Å². The number of amides is 1. The molecule has 0 aliphatic heterocycles. The van der Waals surface area contributed by atoms with Crippen molar-refractivity contribution in [2.45, 2.75) is 6.42 Å². The average molecular weight is 258 g/mol. The van der Waals surface area contributed by atoms with Gasteiger partial charge in [0.05, 0.1) is 13.7 Å². The van der Waals surface area contributed by atoms with E-state index in [0.29, 0.717) is 25.5 Å². The van der Waals surface area contributed by atoms with Crippen LogP contribution in [0.1, 0.15) is 6.42 Å². The van der Waals surface area contributed by atoms with Crippen molar-refractivity contribution in [3.05, 3.63) is 24.3 Å². The van der Waals surface area contributed by atoms with E-state index >= 15 is 0 Å². The first-order valence-electron chi connectivity index (χ1n) is 5.36. The summed E-state index contributed by atoms with van der Waals surface area (Å²) in [7, 11) is 1.60. The summed E-state index contributed by atoms with van der Waals surface area (Å²) in [5.41, 5.74) is 0. The first-order chi connectivity index (χ1) is 8.26. The highest BCUT2D eigenvalue weighted by Gasteiger charge is 1.99. The van der Waals surface area contributed by atoms with Gasteiger partial charge in [-0.3, -0.25) is 4.79 Å². The van der Waals surface area contributed by atoms with Gasteiger partial charge in [0.15, 0.2) is 0 Å². The van der Waals surface area contributed by atoms with Crippen LogP contribution in [0.4, 0.5) is 0 Å². The minimum Gasteiger partial charge on any atom is -0.497 e. The summed E-state index contributed by atoms with van der Waals surface area (Å²) < 4.78 is 10.5. The number of nitrogens with one attached hydrogen (secondary N) is 1. The molecule has 5 heteroatoms. The summed E-state index contributed by atoms with van der Waals surface area (Å²) in [6.45, 7) is 0.883. The fourth-order valence-corrected chi connectivity index (χ4v) is 1.40. The van der Waals surface area contributed by atoms with Crippen LogP contribution in [0.5, 0.6) is 11.5 Å². The standard InChI is InChI=1S/C12H16ClNO3/c1-16-10-3-2-4-11(9-10)17-8-7-14-12(15)5-6-13/h2-4,9H,5-8H2,1H3,(H,14,15). The van der Waals surface area contributed by atoms with Crippen molar-refractivity contribution in [3.63, 3.8) is 0 Å². The molecule has 0 unspecified atom stereocenters. The smallest absolute Gasteiger partial charge is 0.221 e. The van der Waals surface area contributed by atoms with E-state index in [1.807, 2.05) is 18.2 Å². The number of carbonyl (C=O) groups is 1. The zero-order chi connectivity index (χ0) is 12.5. The molecule has 94 valence electrons. The van der Waals surface area contributed by atoms with Crippen LogP contribution in [0.2, 0.25) is 0 Å². The summed E-state index contributed by atoms with van der Waals surface area (Å²) in [5.74, 6) is 1.74. The number of ether oxygens (including phenoxy) is 2. The van der Waals surface area contributed by atoms with Gasteiger partial charge in [-0.25, -0.2) is 0 Å². The van der Waals surface area contributed by atoms with Crippen LogP contribution in [0.3, 0.4) is 0 Å². The Morgan fingerprint density at radius 3 is 2.88 bits per heavy atom. The van der Waals surface area contributed by atoms with Gasteiger partial charge >= 0.3 is 0 Å². The number of benzene rings is 1. The molecule has 0 bridgehead atoms. The zero-order valence-corrected chi connectivity index (χ0v) is 10.5. The second-order valence-corrected chi connectivity index (χ2v) is 3.69. The molecule has 1 rings (SSSR count). The monoisotopic (exact) mass is 257 g/mol. The van der Waals surface area contributed by atoms with Crippen molar-refractivity contribution in [1.29, 1.82) is 0 Å². The molecule has 1 N–H and O–H groups in total. The Bertz CT molecular complexity index is 357. The van der Waals surface area contributed by atoms with Crippen LogP contribution >= 0.6 is 11.6 Å². The zero-order valence-electron chi connectivity index (χ0n) is 9.74. The molecule has 0 atom stereocenters. The predicted octanol–water partition coefficient (Wildman–Crippen LogP) is 1.82. The molecule has 0 aliphatic carbocycles. The molecule has 1 amide bonds. The van der Waals surface area contributed by atoms with Crippen molar-refractivity contribution in [2.75, 3.05) is 26.1 Å². The Hall–Kier alpha value is -1.42. The van der Waals surface area contributed by atoms with Crippen LogP contribution in [0.15, 0.2) is 24.3 Å². The van der Waals surface area contributed by atoms with Crippen LogP contribution < -0.4 is 14.8 Å². The lowest BCUT2D eigenvalue weighted by atomic mass is 10.3. The molecular formula is C12H16ClNO3. The number of alkyl halides is 1. The van der Waals surface area contributed by atoms with E-state index in [2.05, 4.69) is 5.32 Å². The molecule has 0 spiro atoms. The van der Waals surface area contributed by atoms with E-state index in [1.54, 1.807) is 13.2 Å². The molecule has 1 aromatic rings. The van der Waals surface area contributed by atoms with Gasteiger partial charge < -0.3 is 14.8 Å². The first-order valence-corrected chi connectivity index (χ1v) is 5.89. The van der Waals surface area contributed by atoms with Gasteiger partial charge in [0.25, 0.3) is 0 Å². The summed E-state index contributed by atoms with van der Waals surface area (Å²) in [4.78, 5) is 11.1. The number of rotatable bonds is 7. The Kier molecular flexibility index (Phi) is 6.25. The summed E-state index contributed by atoms with van der Waals surface area (Å²) in [5, 5.41) is 2.70. The van der Waals surface area contributed by atoms with Gasteiger partial charge in [-0.2, -0.15) is 0 Å². The van der Waals surface area contributed by atoms with Gasteiger partial charge in [-0.05, 0) is 12.1 Å². The van der Waals surface area contributed by atoms with Gasteiger partial charge in [0.2, 0.25) is 5.91 Å². The number of halogens is 1. The van der Waals surface area contributed by atoms with E-state index in [-0.39, 0.29) is 5.91 Å². The molecule has 0 saturated heterocycles. The SMILES string of the molecule is COc1cccc(OCCNC(=O)CCCl)c1. The van der Waals surface area contributed by atoms with E-state index in [9.17, 15) is 4.79 Å². The molecule has 0 fully saturated rings. The Balaban J connectivity index is 2.24. The highest BCUT2D eigenvalue weighted by atomic mass is 35.5. The van der Waals surface area contributed by atoms with Crippen LogP contribution in [-0.4, -0.2) is 32.0 Å². The number of hydrogen-bond acceptors (Lipinski definition) is 3. The fraction of sp³-hybridized carbons (Fsp3) is 0.417. The van der Waals surface area contributed by atoms with Crippen molar-refractivity contribution in [1.82, 2.24) is 5.32 Å². The summed E-state index contributed by atoms with van der Waals surface area (Å²) >= 11 is 5.43. The highest BCUT2D eigenvalue weighted by molar-refractivity contribution is 6.18. The number of carbonyl (C=O) groups excluding carboxylic acids is 1. The topological polar surface area (TPSA) is 47.6 Å². The van der Waals surface area contributed by atoms with Crippen molar-refractivity contribution in [3.8, 4) is 11.5 Å². The minimum absolute atomic E-state index is 0.0609. The van der Waals surface area contributed by atoms with Crippen molar-refractivity contribution >= 4 is 17.5 Å². The summed E-state index contributed by atoms with van der Waals surface area (Å²) in [6.07, 6.45) is 0.334. The Labute approximate surface area is 106 Å². The van der Waals surface area contributed by atoms with Crippen LogP contribution in [-0.2, 0) is 4.79 Å². The quantitative estimate of drug-likeness (QED) is 0.599. The third-order valence-corrected chi connectivity index (χ3v) is 2.24. The van der Waals surface area contributed by atoms with Crippen LogP contribution in [0.25, 0.3) is 0 Å². The van der Waals surface area contributed by atoms with Gasteiger partial charge in [-0.1, -0.05) is 6.07 Å². The van der Waals surface area contributed by atoms with E-state index < -0.39 is 0 Å². The second kappa shape index (κ2) is 7.79. The minimum atomic E-state index is -0.0609.